The van der Waals surface area contributed by atoms with Crippen LogP contribution in [-0.2, 0) is 6.54 Å². The Morgan fingerprint density at radius 2 is 2.17 bits per heavy atom. The van der Waals surface area contributed by atoms with E-state index in [0.29, 0.717) is 11.4 Å². The fourth-order valence-electron chi connectivity index (χ4n) is 1.35. The first-order valence-electron chi connectivity index (χ1n) is 4.98. The van der Waals surface area contributed by atoms with Gasteiger partial charge < -0.3 is 9.73 Å². The van der Waals surface area contributed by atoms with Crippen LogP contribution in [-0.4, -0.2) is 4.92 Å². The van der Waals surface area contributed by atoms with E-state index in [1.807, 2.05) is 0 Å². The molecule has 0 aliphatic rings. The number of furan rings is 1. The third-order valence-electron chi connectivity index (χ3n) is 2.21. The molecule has 1 N–H and O–H groups in total. The van der Waals surface area contributed by atoms with E-state index >= 15 is 0 Å². The lowest BCUT2D eigenvalue weighted by molar-refractivity contribution is -0.402. The minimum atomic E-state index is -0.613. The summed E-state index contributed by atoms with van der Waals surface area (Å²) >= 11 is 5.61. The molecule has 0 spiro atoms. The molecule has 0 aliphatic heterocycles. The SMILES string of the molecule is O=[N+]([O-])c1ccc(CNc2ccc(F)c(Cl)c2)o1. The van der Waals surface area contributed by atoms with E-state index in [9.17, 15) is 14.5 Å². The van der Waals surface area contributed by atoms with Gasteiger partial charge in [0.15, 0.2) is 0 Å². The zero-order valence-electron chi connectivity index (χ0n) is 9.02. The fourth-order valence-corrected chi connectivity index (χ4v) is 1.54. The van der Waals surface area contributed by atoms with Gasteiger partial charge in [0.25, 0.3) is 0 Å². The lowest BCUT2D eigenvalue weighted by Crippen LogP contribution is -1.98. The summed E-state index contributed by atoms with van der Waals surface area (Å²) in [6.07, 6.45) is 0. The average Bonchev–Trinajstić information content (AvgIpc) is 2.79. The Labute approximate surface area is 106 Å². The van der Waals surface area contributed by atoms with Gasteiger partial charge in [-0.05, 0) is 24.3 Å². The molecule has 1 aromatic heterocycles. The van der Waals surface area contributed by atoms with Crippen LogP contribution >= 0.6 is 11.6 Å². The van der Waals surface area contributed by atoms with Crippen molar-refractivity contribution in [3.05, 3.63) is 57.0 Å². The van der Waals surface area contributed by atoms with Crippen molar-refractivity contribution in [2.75, 3.05) is 5.32 Å². The molecule has 0 bridgehead atoms. The summed E-state index contributed by atoms with van der Waals surface area (Å²) in [6, 6.07) is 6.94. The van der Waals surface area contributed by atoms with Crippen LogP contribution < -0.4 is 5.32 Å². The van der Waals surface area contributed by atoms with Crippen molar-refractivity contribution < 1.29 is 13.7 Å². The molecule has 0 unspecified atom stereocenters. The van der Waals surface area contributed by atoms with Gasteiger partial charge in [0.1, 0.15) is 16.5 Å². The molecule has 0 atom stereocenters. The fraction of sp³-hybridized carbons (Fsp3) is 0.0909. The zero-order valence-corrected chi connectivity index (χ0v) is 9.78. The van der Waals surface area contributed by atoms with Crippen molar-refractivity contribution in [3.63, 3.8) is 0 Å². The standard InChI is InChI=1S/C11H8ClFN2O3/c12-9-5-7(1-3-10(9)13)14-6-8-2-4-11(18-8)15(16)17/h1-5,14H,6H2. The van der Waals surface area contributed by atoms with Crippen LogP contribution in [0, 0.1) is 15.9 Å². The van der Waals surface area contributed by atoms with E-state index in [-0.39, 0.29) is 17.5 Å². The maximum atomic E-state index is 12.9. The van der Waals surface area contributed by atoms with Crippen LogP contribution in [0.25, 0.3) is 0 Å². The summed E-state index contributed by atoms with van der Waals surface area (Å²) < 4.78 is 17.9. The summed E-state index contributed by atoms with van der Waals surface area (Å²) in [5, 5.41) is 13.3. The number of anilines is 1. The topological polar surface area (TPSA) is 68.3 Å². The molecular formula is C11H8ClFN2O3. The largest absolute Gasteiger partial charge is 0.433 e. The van der Waals surface area contributed by atoms with E-state index in [1.54, 1.807) is 0 Å². The van der Waals surface area contributed by atoms with Crippen LogP contribution in [0.4, 0.5) is 16.0 Å². The molecule has 1 heterocycles. The highest BCUT2D eigenvalue weighted by atomic mass is 35.5. The molecule has 2 rings (SSSR count). The van der Waals surface area contributed by atoms with Gasteiger partial charge in [-0.2, -0.15) is 0 Å². The van der Waals surface area contributed by atoms with Gasteiger partial charge in [-0.15, -0.1) is 0 Å². The van der Waals surface area contributed by atoms with Crippen molar-refractivity contribution in [1.82, 2.24) is 0 Å². The van der Waals surface area contributed by atoms with Crippen LogP contribution in [0.1, 0.15) is 5.76 Å². The average molecular weight is 271 g/mol. The van der Waals surface area contributed by atoms with Crippen molar-refractivity contribution in [2.24, 2.45) is 0 Å². The lowest BCUT2D eigenvalue weighted by Gasteiger charge is -2.04. The van der Waals surface area contributed by atoms with Gasteiger partial charge >= 0.3 is 5.88 Å². The maximum absolute atomic E-state index is 12.9. The van der Waals surface area contributed by atoms with Gasteiger partial charge in [-0.3, -0.25) is 10.1 Å². The van der Waals surface area contributed by atoms with Crippen molar-refractivity contribution in [2.45, 2.75) is 6.54 Å². The molecular weight excluding hydrogens is 263 g/mol. The molecule has 94 valence electrons. The van der Waals surface area contributed by atoms with Crippen molar-refractivity contribution in [1.29, 1.82) is 0 Å². The van der Waals surface area contributed by atoms with Crippen LogP contribution in [0.5, 0.6) is 0 Å². The van der Waals surface area contributed by atoms with Gasteiger partial charge in [0.05, 0.1) is 17.6 Å². The first-order chi connectivity index (χ1) is 8.56. The minimum absolute atomic E-state index is 0.00502. The molecule has 0 saturated carbocycles. The highest BCUT2D eigenvalue weighted by Crippen LogP contribution is 2.21. The number of nitro groups is 1. The Kier molecular flexibility index (Phi) is 3.47. The van der Waals surface area contributed by atoms with Gasteiger partial charge in [0.2, 0.25) is 0 Å². The second-order valence-corrected chi connectivity index (χ2v) is 3.89. The molecule has 7 heteroatoms. The smallest absolute Gasteiger partial charge is 0.404 e. The lowest BCUT2D eigenvalue weighted by atomic mass is 10.3. The predicted molar refractivity (Wildman–Crippen MR) is 64.1 cm³/mol. The second kappa shape index (κ2) is 5.05. The number of rotatable bonds is 4. The molecule has 0 fully saturated rings. The number of nitrogens with one attached hydrogen (secondary N) is 1. The molecule has 0 amide bonds. The van der Waals surface area contributed by atoms with Crippen molar-refractivity contribution >= 4 is 23.2 Å². The third kappa shape index (κ3) is 2.78. The molecule has 1 aromatic carbocycles. The first kappa shape index (κ1) is 12.4. The zero-order chi connectivity index (χ0) is 13.1. The monoisotopic (exact) mass is 270 g/mol. The summed E-state index contributed by atoms with van der Waals surface area (Å²) in [7, 11) is 0. The van der Waals surface area contributed by atoms with E-state index in [0.717, 1.165) is 0 Å². The first-order valence-corrected chi connectivity index (χ1v) is 5.36. The van der Waals surface area contributed by atoms with Gasteiger partial charge in [0, 0.05) is 5.69 Å². The number of benzene rings is 1. The predicted octanol–water partition coefficient (Wildman–Crippen LogP) is 3.59. The normalized spacial score (nSPS) is 10.3. The van der Waals surface area contributed by atoms with Gasteiger partial charge in [-0.1, -0.05) is 11.6 Å². The summed E-state index contributed by atoms with van der Waals surface area (Å²) in [6.45, 7) is 0.246. The van der Waals surface area contributed by atoms with E-state index < -0.39 is 10.7 Å². The molecule has 0 aliphatic carbocycles. The number of halogens is 2. The molecule has 0 radical (unpaired) electrons. The van der Waals surface area contributed by atoms with Crippen molar-refractivity contribution in [3.8, 4) is 0 Å². The Hall–Kier alpha value is -2.08. The van der Waals surface area contributed by atoms with E-state index in [4.69, 9.17) is 16.0 Å². The van der Waals surface area contributed by atoms with E-state index in [1.165, 1.54) is 30.3 Å². The number of hydrogen-bond donors (Lipinski definition) is 1. The Bertz CT molecular complexity index is 585. The maximum Gasteiger partial charge on any atom is 0.433 e. The number of nitrogens with zero attached hydrogens (tertiary/aromatic N) is 1. The molecule has 0 saturated heterocycles. The summed E-state index contributed by atoms with van der Waals surface area (Å²) in [5.41, 5.74) is 0.598. The third-order valence-corrected chi connectivity index (χ3v) is 2.50. The van der Waals surface area contributed by atoms with E-state index in [2.05, 4.69) is 5.32 Å². The Morgan fingerprint density at radius 3 is 2.78 bits per heavy atom. The highest BCUT2D eigenvalue weighted by molar-refractivity contribution is 6.31. The Morgan fingerprint density at radius 1 is 1.39 bits per heavy atom. The Balaban J connectivity index is 2.02. The minimum Gasteiger partial charge on any atom is -0.404 e. The highest BCUT2D eigenvalue weighted by Gasteiger charge is 2.11. The number of hydrogen-bond acceptors (Lipinski definition) is 4. The summed E-state index contributed by atoms with van der Waals surface area (Å²) in [5.74, 6) is -0.415. The molecule has 18 heavy (non-hydrogen) atoms. The molecule has 2 aromatic rings. The summed E-state index contributed by atoms with van der Waals surface area (Å²) in [4.78, 5) is 9.79. The molecule has 5 nitrogen and oxygen atoms in total. The van der Waals surface area contributed by atoms with Crippen LogP contribution in [0.15, 0.2) is 34.7 Å². The van der Waals surface area contributed by atoms with Crippen LogP contribution in [0.2, 0.25) is 5.02 Å². The second-order valence-electron chi connectivity index (χ2n) is 3.48. The quantitative estimate of drug-likeness (QED) is 0.681. The van der Waals surface area contributed by atoms with Crippen LogP contribution in [0.3, 0.4) is 0 Å². The van der Waals surface area contributed by atoms with Gasteiger partial charge in [-0.25, -0.2) is 4.39 Å².